The van der Waals surface area contributed by atoms with Crippen molar-refractivity contribution in [2.75, 3.05) is 18.0 Å². The molecule has 1 aromatic heterocycles. The zero-order valence-electron chi connectivity index (χ0n) is 13.3. The Morgan fingerprint density at radius 3 is 2.57 bits per heavy atom. The van der Waals surface area contributed by atoms with Crippen molar-refractivity contribution in [1.29, 1.82) is 0 Å². The smallest absolute Gasteiger partial charge is 0.245 e. The summed E-state index contributed by atoms with van der Waals surface area (Å²) < 4.78 is 0. The van der Waals surface area contributed by atoms with E-state index in [1.807, 2.05) is 0 Å². The lowest BCUT2D eigenvalue weighted by Crippen LogP contribution is -2.47. The second-order valence-electron chi connectivity index (χ2n) is 6.24. The molecule has 1 aliphatic heterocycles. The number of piperidine rings is 1. The Hall–Kier alpha value is -1.23. The lowest BCUT2D eigenvalue weighted by molar-refractivity contribution is 0.426. The molecule has 2 aliphatic rings. The standard InChI is InChI=1S/C16H27N5/c1-3-14-15(4-2)19-20-16(18-14)21-10-6-5-7-13(21)11-17-12-8-9-12/h12-13,17H,3-11H2,1-2H3. The third kappa shape index (κ3) is 3.51. The van der Waals surface area contributed by atoms with Crippen molar-refractivity contribution in [3.8, 4) is 0 Å². The van der Waals surface area contributed by atoms with Gasteiger partial charge in [0.05, 0.1) is 11.4 Å². The van der Waals surface area contributed by atoms with Crippen LogP contribution in [0.1, 0.15) is 57.3 Å². The second-order valence-corrected chi connectivity index (χ2v) is 6.24. The zero-order chi connectivity index (χ0) is 14.7. The Morgan fingerprint density at radius 1 is 1.05 bits per heavy atom. The normalized spacial score (nSPS) is 22.6. The molecule has 2 fully saturated rings. The van der Waals surface area contributed by atoms with Crippen LogP contribution in [0.15, 0.2) is 0 Å². The predicted octanol–water partition coefficient (Wildman–Crippen LogP) is 2.11. The van der Waals surface area contributed by atoms with Crippen LogP contribution in [0.2, 0.25) is 0 Å². The summed E-state index contributed by atoms with van der Waals surface area (Å²) in [5.41, 5.74) is 2.16. The Balaban J connectivity index is 1.74. The number of hydrogen-bond donors (Lipinski definition) is 1. The number of nitrogens with one attached hydrogen (secondary N) is 1. The van der Waals surface area contributed by atoms with E-state index in [1.54, 1.807) is 0 Å². The summed E-state index contributed by atoms with van der Waals surface area (Å²) in [5, 5.41) is 12.5. The van der Waals surface area contributed by atoms with Crippen LogP contribution in [-0.4, -0.2) is 40.4 Å². The molecule has 1 aliphatic carbocycles. The van der Waals surface area contributed by atoms with Gasteiger partial charge >= 0.3 is 0 Å². The molecule has 2 heterocycles. The van der Waals surface area contributed by atoms with Gasteiger partial charge in [0.15, 0.2) is 0 Å². The first-order chi connectivity index (χ1) is 10.3. The molecule has 3 rings (SSSR count). The molecule has 21 heavy (non-hydrogen) atoms. The molecule has 0 spiro atoms. The van der Waals surface area contributed by atoms with E-state index < -0.39 is 0 Å². The van der Waals surface area contributed by atoms with Gasteiger partial charge in [0, 0.05) is 25.2 Å². The third-order valence-electron chi connectivity index (χ3n) is 4.60. The van der Waals surface area contributed by atoms with E-state index in [2.05, 4.69) is 34.3 Å². The molecule has 5 heteroatoms. The number of hydrogen-bond acceptors (Lipinski definition) is 5. The quantitative estimate of drug-likeness (QED) is 0.869. The van der Waals surface area contributed by atoms with Gasteiger partial charge in [-0.15, -0.1) is 5.10 Å². The predicted molar refractivity (Wildman–Crippen MR) is 84.6 cm³/mol. The first-order valence-corrected chi connectivity index (χ1v) is 8.54. The molecule has 0 amide bonds. The topological polar surface area (TPSA) is 53.9 Å². The first kappa shape index (κ1) is 14.7. The summed E-state index contributed by atoms with van der Waals surface area (Å²) >= 11 is 0. The van der Waals surface area contributed by atoms with Gasteiger partial charge in [-0.1, -0.05) is 13.8 Å². The lowest BCUT2D eigenvalue weighted by Gasteiger charge is -2.36. The number of nitrogens with zero attached hydrogens (tertiary/aromatic N) is 4. The molecule has 1 saturated heterocycles. The van der Waals surface area contributed by atoms with Crippen LogP contribution in [0, 0.1) is 0 Å². The molecule has 0 aromatic carbocycles. The van der Waals surface area contributed by atoms with E-state index in [1.165, 1.54) is 32.1 Å². The molecule has 1 unspecified atom stereocenters. The molecule has 1 N–H and O–H groups in total. The summed E-state index contributed by atoms with van der Waals surface area (Å²) in [6, 6.07) is 1.29. The van der Waals surface area contributed by atoms with Crippen LogP contribution >= 0.6 is 0 Å². The molecular weight excluding hydrogens is 262 g/mol. The van der Waals surface area contributed by atoms with Crippen LogP contribution in [-0.2, 0) is 12.8 Å². The van der Waals surface area contributed by atoms with Gasteiger partial charge < -0.3 is 10.2 Å². The molecule has 0 radical (unpaired) electrons. The summed E-state index contributed by atoms with van der Waals surface area (Å²) in [5.74, 6) is 0.839. The highest BCUT2D eigenvalue weighted by atomic mass is 15.3. The van der Waals surface area contributed by atoms with Crippen LogP contribution in [0.5, 0.6) is 0 Å². The summed E-state index contributed by atoms with van der Waals surface area (Å²) in [4.78, 5) is 7.18. The molecule has 116 valence electrons. The van der Waals surface area contributed by atoms with Gasteiger partial charge in [0.1, 0.15) is 0 Å². The van der Waals surface area contributed by atoms with Crippen molar-refractivity contribution >= 4 is 5.95 Å². The maximum Gasteiger partial charge on any atom is 0.245 e. The van der Waals surface area contributed by atoms with Crippen LogP contribution in [0.4, 0.5) is 5.95 Å². The minimum atomic E-state index is 0.526. The minimum Gasteiger partial charge on any atom is -0.335 e. The maximum atomic E-state index is 4.80. The highest BCUT2D eigenvalue weighted by molar-refractivity contribution is 5.33. The molecule has 1 atom stereocenters. The Labute approximate surface area is 127 Å². The van der Waals surface area contributed by atoms with Gasteiger partial charge in [0.2, 0.25) is 5.95 Å². The lowest BCUT2D eigenvalue weighted by atomic mass is 10.0. The van der Waals surface area contributed by atoms with Crippen molar-refractivity contribution in [2.45, 2.75) is 70.9 Å². The Bertz CT molecular complexity index is 472. The van der Waals surface area contributed by atoms with Gasteiger partial charge in [-0.25, -0.2) is 4.98 Å². The van der Waals surface area contributed by atoms with Crippen molar-refractivity contribution in [2.24, 2.45) is 0 Å². The molecule has 0 bridgehead atoms. The van der Waals surface area contributed by atoms with Gasteiger partial charge in [-0.3, -0.25) is 0 Å². The fourth-order valence-electron chi connectivity index (χ4n) is 3.12. The van der Waals surface area contributed by atoms with Gasteiger partial charge in [0.25, 0.3) is 0 Å². The van der Waals surface area contributed by atoms with Crippen molar-refractivity contribution in [1.82, 2.24) is 20.5 Å². The van der Waals surface area contributed by atoms with Crippen molar-refractivity contribution in [3.63, 3.8) is 0 Å². The highest BCUT2D eigenvalue weighted by Gasteiger charge is 2.28. The monoisotopic (exact) mass is 289 g/mol. The molecule has 1 aromatic rings. The SMILES string of the molecule is CCc1nnc(N2CCCCC2CNC2CC2)nc1CC. The number of anilines is 1. The van der Waals surface area contributed by atoms with E-state index in [0.29, 0.717) is 6.04 Å². The largest absolute Gasteiger partial charge is 0.335 e. The third-order valence-corrected chi connectivity index (χ3v) is 4.60. The van der Waals surface area contributed by atoms with E-state index in [-0.39, 0.29) is 0 Å². The highest BCUT2D eigenvalue weighted by Crippen LogP contribution is 2.24. The summed E-state index contributed by atoms with van der Waals surface area (Å²) in [6.07, 6.45) is 8.32. The second kappa shape index (κ2) is 6.69. The van der Waals surface area contributed by atoms with E-state index in [9.17, 15) is 0 Å². The van der Waals surface area contributed by atoms with Crippen LogP contribution in [0.25, 0.3) is 0 Å². The average Bonchev–Trinajstić information content (AvgIpc) is 3.37. The molecule has 5 nitrogen and oxygen atoms in total. The Kier molecular flexibility index (Phi) is 4.68. The van der Waals surface area contributed by atoms with Crippen molar-refractivity contribution < 1.29 is 0 Å². The van der Waals surface area contributed by atoms with E-state index in [0.717, 1.165) is 49.3 Å². The fourth-order valence-corrected chi connectivity index (χ4v) is 3.12. The van der Waals surface area contributed by atoms with Crippen molar-refractivity contribution in [3.05, 3.63) is 11.4 Å². The van der Waals surface area contributed by atoms with Crippen LogP contribution in [0.3, 0.4) is 0 Å². The molecule has 1 saturated carbocycles. The van der Waals surface area contributed by atoms with E-state index >= 15 is 0 Å². The number of aromatic nitrogens is 3. The average molecular weight is 289 g/mol. The fraction of sp³-hybridized carbons (Fsp3) is 0.812. The maximum absolute atomic E-state index is 4.80. The van der Waals surface area contributed by atoms with E-state index in [4.69, 9.17) is 4.98 Å². The number of rotatable bonds is 6. The summed E-state index contributed by atoms with van der Waals surface area (Å²) in [7, 11) is 0. The minimum absolute atomic E-state index is 0.526. The Morgan fingerprint density at radius 2 is 1.86 bits per heavy atom. The molecular formula is C16H27N5. The number of aryl methyl sites for hydroxylation is 2. The van der Waals surface area contributed by atoms with Gasteiger partial charge in [-0.05, 0) is 44.9 Å². The first-order valence-electron chi connectivity index (χ1n) is 8.54. The van der Waals surface area contributed by atoms with Gasteiger partial charge in [-0.2, -0.15) is 5.10 Å². The zero-order valence-corrected chi connectivity index (χ0v) is 13.3. The van der Waals surface area contributed by atoms with Crippen LogP contribution < -0.4 is 10.2 Å². The summed E-state index contributed by atoms with van der Waals surface area (Å²) in [6.45, 7) is 6.39.